The number of hydrogen-bond donors (Lipinski definition) is 1. The Bertz CT molecular complexity index is 1010. The maximum absolute atomic E-state index is 13.4. The molecule has 0 aromatic heterocycles. The molecule has 1 amide bonds. The number of benzene rings is 2. The molecule has 2 heterocycles. The molecule has 4 rings (SSSR count). The first-order valence-corrected chi connectivity index (χ1v) is 11.4. The third-order valence-corrected chi connectivity index (χ3v) is 6.63. The van der Waals surface area contributed by atoms with Crippen LogP contribution in [0.4, 0.5) is 24.5 Å². The highest BCUT2D eigenvalue weighted by Gasteiger charge is 2.43. The van der Waals surface area contributed by atoms with E-state index in [0.29, 0.717) is 44.8 Å². The van der Waals surface area contributed by atoms with Crippen LogP contribution in [0.2, 0.25) is 0 Å². The van der Waals surface area contributed by atoms with Crippen LogP contribution < -0.4 is 19.9 Å². The minimum atomic E-state index is -4.42. The Morgan fingerprint density at radius 3 is 2.65 bits per heavy atom. The number of carbonyl (C=O) groups excluding carboxylic acids is 1. The van der Waals surface area contributed by atoms with E-state index in [4.69, 9.17) is 9.47 Å². The average Bonchev–Trinajstić information content (AvgIpc) is 2.84. The molecule has 0 aliphatic carbocycles. The summed E-state index contributed by atoms with van der Waals surface area (Å²) < 4.78 is 50.7. The van der Waals surface area contributed by atoms with Gasteiger partial charge in [-0.3, -0.25) is 4.79 Å². The quantitative estimate of drug-likeness (QED) is 0.616. The minimum Gasteiger partial charge on any atom is -0.495 e. The number of nitrogens with zero attached hydrogens (tertiary/aromatic N) is 2. The summed E-state index contributed by atoms with van der Waals surface area (Å²) in [6, 6.07) is 11.4. The number of nitrogens with one attached hydrogen (secondary N) is 1. The molecule has 2 aromatic carbocycles. The van der Waals surface area contributed by atoms with Crippen molar-refractivity contribution in [2.75, 3.05) is 56.8 Å². The number of halogens is 3. The highest BCUT2D eigenvalue weighted by Crippen LogP contribution is 2.41. The van der Waals surface area contributed by atoms with Gasteiger partial charge >= 0.3 is 6.18 Å². The smallest absolute Gasteiger partial charge is 0.416 e. The van der Waals surface area contributed by atoms with Gasteiger partial charge in [-0.05, 0) is 48.7 Å². The first-order chi connectivity index (χ1) is 16.3. The lowest BCUT2D eigenvalue weighted by molar-refractivity contribution is -0.137. The standard InChI is InChI=1S/C25H30F3N3O3/c1-33-13-5-10-29-24(32)19-15-17-14-18(25(26,27)28)8-9-20(17)31-12-11-30(16-22(19)31)21-6-3-4-7-23(21)34-2/h3-4,6-9,14,19,22H,5,10-13,15-16H2,1-2H3,(H,29,32)/t19-,22-/m1/s1. The van der Waals surface area contributed by atoms with Gasteiger partial charge in [0.15, 0.2) is 0 Å². The number of hydrogen-bond acceptors (Lipinski definition) is 5. The van der Waals surface area contributed by atoms with E-state index in [0.717, 1.165) is 23.2 Å². The maximum Gasteiger partial charge on any atom is 0.416 e. The molecule has 34 heavy (non-hydrogen) atoms. The zero-order chi connectivity index (χ0) is 24.3. The van der Waals surface area contributed by atoms with Crippen LogP contribution in [0, 0.1) is 5.92 Å². The lowest BCUT2D eigenvalue weighted by Gasteiger charge is -2.49. The van der Waals surface area contributed by atoms with Gasteiger partial charge in [-0.25, -0.2) is 0 Å². The molecular weight excluding hydrogens is 447 g/mol. The third-order valence-electron chi connectivity index (χ3n) is 6.63. The summed E-state index contributed by atoms with van der Waals surface area (Å²) in [5.41, 5.74) is 1.61. The summed E-state index contributed by atoms with van der Waals surface area (Å²) >= 11 is 0. The summed E-state index contributed by atoms with van der Waals surface area (Å²) in [5, 5.41) is 2.96. The third kappa shape index (κ3) is 4.94. The summed E-state index contributed by atoms with van der Waals surface area (Å²) in [4.78, 5) is 17.5. The van der Waals surface area contributed by atoms with Crippen molar-refractivity contribution in [1.29, 1.82) is 0 Å². The molecular formula is C25H30F3N3O3. The number of alkyl halides is 3. The van der Waals surface area contributed by atoms with Gasteiger partial charge in [0.1, 0.15) is 5.75 Å². The lowest BCUT2D eigenvalue weighted by atomic mass is 9.82. The number of rotatable bonds is 7. The average molecular weight is 478 g/mol. The Hall–Kier alpha value is -2.94. The summed E-state index contributed by atoms with van der Waals surface area (Å²) in [5.74, 6) is 0.134. The molecule has 0 spiro atoms. The van der Waals surface area contributed by atoms with E-state index >= 15 is 0 Å². The summed E-state index contributed by atoms with van der Waals surface area (Å²) in [6.45, 7) is 2.81. The van der Waals surface area contributed by atoms with Crippen LogP contribution in [0.15, 0.2) is 42.5 Å². The van der Waals surface area contributed by atoms with Gasteiger partial charge in [-0.1, -0.05) is 12.1 Å². The summed E-state index contributed by atoms with van der Waals surface area (Å²) in [7, 11) is 3.23. The number of piperazine rings is 1. The Balaban J connectivity index is 1.64. The molecule has 2 atom stereocenters. The number of carbonyl (C=O) groups is 1. The van der Waals surface area contributed by atoms with Crippen molar-refractivity contribution in [3.63, 3.8) is 0 Å². The molecule has 9 heteroatoms. The fourth-order valence-electron chi connectivity index (χ4n) is 4.97. The van der Waals surface area contributed by atoms with Crippen molar-refractivity contribution in [3.8, 4) is 5.75 Å². The van der Waals surface area contributed by atoms with Gasteiger partial charge < -0.3 is 24.6 Å². The molecule has 2 aromatic rings. The molecule has 1 N–H and O–H groups in total. The van der Waals surface area contributed by atoms with E-state index < -0.39 is 17.7 Å². The first-order valence-electron chi connectivity index (χ1n) is 11.4. The summed E-state index contributed by atoms with van der Waals surface area (Å²) in [6.07, 6.45) is -3.49. The van der Waals surface area contributed by atoms with Gasteiger partial charge in [0.2, 0.25) is 5.91 Å². The molecule has 2 aliphatic rings. The number of ether oxygens (including phenoxy) is 2. The number of anilines is 2. The predicted octanol–water partition coefficient (Wildman–Crippen LogP) is 3.73. The molecule has 0 radical (unpaired) electrons. The van der Waals surface area contributed by atoms with Gasteiger partial charge in [0.05, 0.1) is 30.3 Å². The normalized spacial score (nSPS) is 19.9. The Morgan fingerprint density at radius 2 is 1.91 bits per heavy atom. The second-order valence-corrected chi connectivity index (χ2v) is 8.67. The fraction of sp³-hybridized carbons (Fsp3) is 0.480. The molecule has 1 fully saturated rings. The van der Waals surface area contributed by atoms with Gasteiger partial charge in [0.25, 0.3) is 0 Å². The molecule has 1 saturated heterocycles. The van der Waals surface area contributed by atoms with Crippen molar-refractivity contribution in [2.24, 2.45) is 5.92 Å². The largest absolute Gasteiger partial charge is 0.495 e. The molecule has 0 bridgehead atoms. The van der Waals surface area contributed by atoms with Gasteiger partial charge in [-0.2, -0.15) is 13.2 Å². The SMILES string of the molecule is COCCCNC(=O)[C@@H]1Cc2cc(C(F)(F)F)ccc2N2CCN(c3ccccc3OC)C[C@H]12. The zero-order valence-electron chi connectivity index (χ0n) is 19.4. The first kappa shape index (κ1) is 24.2. The van der Waals surface area contributed by atoms with E-state index in [1.807, 2.05) is 24.3 Å². The Labute approximate surface area is 197 Å². The Morgan fingerprint density at radius 1 is 1.12 bits per heavy atom. The van der Waals surface area contributed by atoms with Crippen LogP contribution in [0.3, 0.4) is 0 Å². The van der Waals surface area contributed by atoms with Crippen LogP contribution in [-0.4, -0.2) is 59.0 Å². The molecule has 0 unspecified atom stereocenters. The van der Waals surface area contributed by atoms with E-state index in [1.54, 1.807) is 20.3 Å². The van der Waals surface area contributed by atoms with E-state index in [2.05, 4.69) is 15.1 Å². The Kier molecular flexibility index (Phi) is 7.21. The molecule has 6 nitrogen and oxygen atoms in total. The van der Waals surface area contributed by atoms with Crippen molar-refractivity contribution < 1.29 is 27.4 Å². The van der Waals surface area contributed by atoms with Gasteiger partial charge in [0, 0.05) is 45.6 Å². The number of para-hydroxylation sites is 2. The highest BCUT2D eigenvalue weighted by atomic mass is 19.4. The van der Waals surface area contributed by atoms with Crippen LogP contribution in [-0.2, 0) is 22.1 Å². The van der Waals surface area contributed by atoms with Crippen LogP contribution >= 0.6 is 0 Å². The number of fused-ring (bicyclic) bond motifs is 3. The molecule has 184 valence electrons. The van der Waals surface area contributed by atoms with Crippen molar-refractivity contribution in [3.05, 3.63) is 53.6 Å². The van der Waals surface area contributed by atoms with Crippen molar-refractivity contribution in [2.45, 2.75) is 25.1 Å². The second kappa shape index (κ2) is 10.1. The topological polar surface area (TPSA) is 54.0 Å². The predicted molar refractivity (Wildman–Crippen MR) is 124 cm³/mol. The molecule has 0 saturated carbocycles. The second-order valence-electron chi connectivity index (χ2n) is 8.67. The van der Waals surface area contributed by atoms with Gasteiger partial charge in [-0.15, -0.1) is 0 Å². The number of methoxy groups -OCH3 is 2. The minimum absolute atomic E-state index is 0.143. The van der Waals surface area contributed by atoms with E-state index in [-0.39, 0.29) is 18.4 Å². The maximum atomic E-state index is 13.4. The van der Waals surface area contributed by atoms with Crippen molar-refractivity contribution in [1.82, 2.24) is 5.32 Å². The fourth-order valence-corrected chi connectivity index (χ4v) is 4.97. The van der Waals surface area contributed by atoms with E-state index in [1.165, 1.54) is 6.07 Å². The van der Waals surface area contributed by atoms with E-state index in [9.17, 15) is 18.0 Å². The monoisotopic (exact) mass is 477 g/mol. The zero-order valence-corrected chi connectivity index (χ0v) is 19.4. The molecule has 2 aliphatic heterocycles. The van der Waals surface area contributed by atoms with Crippen LogP contribution in [0.25, 0.3) is 0 Å². The number of amides is 1. The highest BCUT2D eigenvalue weighted by molar-refractivity contribution is 5.82. The van der Waals surface area contributed by atoms with Crippen LogP contribution in [0.5, 0.6) is 5.75 Å². The lowest BCUT2D eigenvalue weighted by Crippen LogP contribution is -2.61. The van der Waals surface area contributed by atoms with Crippen LogP contribution in [0.1, 0.15) is 17.5 Å². The van der Waals surface area contributed by atoms with Crippen molar-refractivity contribution >= 4 is 17.3 Å².